The molecule has 0 amide bonds. The lowest BCUT2D eigenvalue weighted by Crippen LogP contribution is -2.22. The topological polar surface area (TPSA) is 9.23 Å². The largest absolute Gasteiger partial charge is 0.429 e. The monoisotopic (exact) mass is 438 g/mol. The van der Waals surface area contributed by atoms with E-state index in [0.717, 1.165) is 39.8 Å². The van der Waals surface area contributed by atoms with Crippen molar-refractivity contribution in [3.8, 4) is 16.9 Å². The fraction of sp³-hybridized carbons (Fsp3) is 0.185. The molecule has 32 heavy (non-hydrogen) atoms. The van der Waals surface area contributed by atoms with Crippen LogP contribution >= 0.6 is 0 Å². The zero-order chi connectivity index (χ0) is 23.2. The summed E-state index contributed by atoms with van der Waals surface area (Å²) in [5.41, 5.74) is 4.97. The highest BCUT2D eigenvalue weighted by Crippen LogP contribution is 2.36. The first-order valence-corrected chi connectivity index (χ1v) is 10.2. The second-order valence-corrected chi connectivity index (χ2v) is 8.18. The lowest BCUT2D eigenvalue weighted by molar-refractivity contribution is -0.185. The van der Waals surface area contributed by atoms with Crippen LogP contribution in [0.4, 0.5) is 17.6 Å². The third kappa shape index (κ3) is 4.07. The van der Waals surface area contributed by atoms with E-state index in [4.69, 9.17) is 0 Å². The van der Waals surface area contributed by atoms with Crippen LogP contribution in [0, 0.1) is 39.3 Å². The molecule has 0 aliphatic carbocycles. The Hall–Kier alpha value is -3.34. The van der Waals surface area contributed by atoms with E-state index in [1.807, 2.05) is 19.1 Å². The van der Waals surface area contributed by atoms with E-state index >= 15 is 0 Å². The smallest absolute Gasteiger partial charge is 0.426 e. The molecule has 0 spiro atoms. The SMILES string of the molecule is Cc1cc(C)c(-c2ccc3cc(C(F)(F)Oc4cc(F)c(C)c(F)c4)ccc3c2)c(C)c1. The maximum Gasteiger partial charge on any atom is 0.426 e. The van der Waals surface area contributed by atoms with Crippen molar-refractivity contribution in [3.63, 3.8) is 0 Å². The van der Waals surface area contributed by atoms with Crippen molar-refractivity contribution in [2.75, 3.05) is 0 Å². The fourth-order valence-electron chi connectivity index (χ4n) is 4.11. The van der Waals surface area contributed by atoms with Crippen molar-refractivity contribution in [2.45, 2.75) is 33.8 Å². The van der Waals surface area contributed by atoms with Gasteiger partial charge < -0.3 is 4.74 Å². The molecule has 0 heterocycles. The van der Waals surface area contributed by atoms with Crippen molar-refractivity contribution in [1.82, 2.24) is 0 Å². The molecule has 0 fully saturated rings. The highest BCUT2D eigenvalue weighted by Gasteiger charge is 2.35. The zero-order valence-corrected chi connectivity index (χ0v) is 18.2. The van der Waals surface area contributed by atoms with Crippen LogP contribution in [-0.4, -0.2) is 0 Å². The molecule has 164 valence electrons. The molecule has 0 aromatic heterocycles. The van der Waals surface area contributed by atoms with Gasteiger partial charge in [0.05, 0.1) is 5.56 Å². The van der Waals surface area contributed by atoms with Crippen LogP contribution in [0.25, 0.3) is 21.9 Å². The van der Waals surface area contributed by atoms with Gasteiger partial charge in [-0.15, -0.1) is 0 Å². The Bertz CT molecular complexity index is 1300. The Morgan fingerprint density at radius 3 is 1.88 bits per heavy atom. The lowest BCUT2D eigenvalue weighted by atomic mass is 9.92. The first-order valence-electron chi connectivity index (χ1n) is 10.2. The van der Waals surface area contributed by atoms with Gasteiger partial charge in [0.1, 0.15) is 17.4 Å². The number of hydrogen-bond acceptors (Lipinski definition) is 1. The van der Waals surface area contributed by atoms with E-state index < -0.39 is 29.1 Å². The average molecular weight is 438 g/mol. The minimum Gasteiger partial charge on any atom is -0.429 e. The highest BCUT2D eigenvalue weighted by atomic mass is 19.3. The molecule has 5 heteroatoms. The van der Waals surface area contributed by atoms with E-state index in [9.17, 15) is 17.6 Å². The number of alkyl halides is 2. The number of hydrogen-bond donors (Lipinski definition) is 0. The normalized spacial score (nSPS) is 11.8. The van der Waals surface area contributed by atoms with E-state index in [-0.39, 0.29) is 5.56 Å². The molecule has 0 radical (unpaired) electrons. The van der Waals surface area contributed by atoms with Crippen molar-refractivity contribution in [3.05, 3.63) is 100 Å². The molecule has 0 unspecified atom stereocenters. The molecule has 4 aromatic carbocycles. The van der Waals surface area contributed by atoms with Gasteiger partial charge >= 0.3 is 6.11 Å². The van der Waals surface area contributed by atoms with Crippen molar-refractivity contribution >= 4 is 10.8 Å². The Morgan fingerprint density at radius 2 is 1.25 bits per heavy atom. The Kier molecular flexibility index (Phi) is 5.45. The predicted molar refractivity (Wildman–Crippen MR) is 119 cm³/mol. The van der Waals surface area contributed by atoms with E-state index in [2.05, 4.69) is 30.7 Å². The van der Waals surface area contributed by atoms with Gasteiger partial charge in [0.2, 0.25) is 0 Å². The molecule has 4 aromatic rings. The quantitative estimate of drug-likeness (QED) is 0.292. The van der Waals surface area contributed by atoms with Gasteiger partial charge in [0, 0.05) is 17.7 Å². The Morgan fingerprint density at radius 1 is 0.688 bits per heavy atom. The summed E-state index contributed by atoms with van der Waals surface area (Å²) in [6.07, 6.45) is -3.76. The van der Waals surface area contributed by atoms with E-state index in [1.165, 1.54) is 24.6 Å². The number of ether oxygens (including phenoxy) is 1. The van der Waals surface area contributed by atoms with Crippen molar-refractivity contribution in [1.29, 1.82) is 0 Å². The molecule has 0 aliphatic rings. The van der Waals surface area contributed by atoms with E-state index in [0.29, 0.717) is 5.39 Å². The predicted octanol–water partition coefficient (Wildman–Crippen LogP) is 8.15. The first kappa shape index (κ1) is 21.9. The summed E-state index contributed by atoms with van der Waals surface area (Å²) in [7, 11) is 0. The van der Waals surface area contributed by atoms with Crippen LogP contribution in [0.3, 0.4) is 0 Å². The summed E-state index contributed by atoms with van der Waals surface area (Å²) in [5, 5.41) is 1.41. The summed E-state index contributed by atoms with van der Waals surface area (Å²) in [4.78, 5) is 0. The van der Waals surface area contributed by atoms with Gasteiger partial charge in [-0.1, -0.05) is 35.9 Å². The molecular weight excluding hydrogens is 416 g/mol. The van der Waals surface area contributed by atoms with Crippen LogP contribution in [-0.2, 0) is 6.11 Å². The lowest BCUT2D eigenvalue weighted by Gasteiger charge is -2.19. The molecule has 0 bridgehead atoms. The van der Waals surface area contributed by atoms with Gasteiger partial charge in [0.15, 0.2) is 0 Å². The third-order valence-electron chi connectivity index (χ3n) is 5.64. The summed E-state index contributed by atoms with van der Waals surface area (Å²) < 4.78 is 61.6. The molecule has 4 rings (SSSR count). The maximum absolute atomic E-state index is 14.8. The molecule has 1 nitrogen and oxygen atoms in total. The molecule has 0 N–H and O–H groups in total. The summed E-state index contributed by atoms with van der Waals surface area (Å²) >= 11 is 0. The third-order valence-corrected chi connectivity index (χ3v) is 5.64. The molecule has 0 saturated heterocycles. The molecule has 0 aliphatic heterocycles. The van der Waals surface area contributed by atoms with Gasteiger partial charge in [-0.2, -0.15) is 8.78 Å². The van der Waals surface area contributed by atoms with Gasteiger partial charge in [0.25, 0.3) is 0 Å². The van der Waals surface area contributed by atoms with Crippen LogP contribution < -0.4 is 4.74 Å². The minimum atomic E-state index is -3.76. The number of aryl methyl sites for hydroxylation is 3. The summed E-state index contributed by atoms with van der Waals surface area (Å²) in [5.74, 6) is -2.46. The number of halogens is 4. The summed E-state index contributed by atoms with van der Waals surface area (Å²) in [6.45, 7) is 7.38. The molecule has 0 saturated carbocycles. The number of rotatable bonds is 4. The van der Waals surface area contributed by atoms with Gasteiger partial charge in [-0.3, -0.25) is 0 Å². The Balaban J connectivity index is 1.69. The standard InChI is InChI=1S/C27H22F4O/c1-15-9-16(2)26(17(3)10-15)21-6-5-20-12-22(8-7-19(20)11-21)27(30,31)32-23-13-24(28)18(4)25(29)14-23/h5-14H,1-4H3. The second kappa shape index (κ2) is 7.97. The number of fused-ring (bicyclic) bond motifs is 1. The van der Waals surface area contributed by atoms with Crippen LogP contribution in [0.15, 0.2) is 60.7 Å². The highest BCUT2D eigenvalue weighted by molar-refractivity contribution is 5.89. The molecular formula is C27H22F4O. The van der Waals surface area contributed by atoms with Gasteiger partial charge in [-0.25, -0.2) is 8.78 Å². The molecule has 0 atom stereocenters. The first-order chi connectivity index (χ1) is 15.0. The van der Waals surface area contributed by atoms with Crippen LogP contribution in [0.1, 0.15) is 27.8 Å². The van der Waals surface area contributed by atoms with Crippen molar-refractivity contribution < 1.29 is 22.3 Å². The van der Waals surface area contributed by atoms with Crippen molar-refractivity contribution in [2.24, 2.45) is 0 Å². The van der Waals surface area contributed by atoms with Crippen LogP contribution in [0.5, 0.6) is 5.75 Å². The number of benzene rings is 4. The summed E-state index contributed by atoms with van der Waals surface area (Å²) in [6, 6.07) is 15.6. The van der Waals surface area contributed by atoms with Crippen LogP contribution in [0.2, 0.25) is 0 Å². The Labute approximate surface area is 184 Å². The zero-order valence-electron chi connectivity index (χ0n) is 18.2. The second-order valence-electron chi connectivity index (χ2n) is 8.18. The maximum atomic E-state index is 14.8. The van der Waals surface area contributed by atoms with E-state index in [1.54, 1.807) is 12.1 Å². The minimum absolute atomic E-state index is 0.249. The average Bonchev–Trinajstić information content (AvgIpc) is 2.70. The van der Waals surface area contributed by atoms with Gasteiger partial charge in [-0.05, 0) is 78.9 Å². The fourth-order valence-corrected chi connectivity index (χ4v) is 4.11.